The highest BCUT2D eigenvalue weighted by Gasteiger charge is 2.54. The summed E-state index contributed by atoms with van der Waals surface area (Å²) < 4.78 is 20.8. The van der Waals surface area contributed by atoms with Gasteiger partial charge >= 0.3 is 47.8 Å². The molecule has 20 atom stereocenters. The average Bonchev–Trinajstić information content (AvgIpc) is 1.64. The molecule has 0 unspecified atom stereocenters. The number of esters is 4. The molecule has 0 spiro atoms. The van der Waals surface area contributed by atoms with Gasteiger partial charge in [-0.1, -0.05) is 147 Å². The van der Waals surface area contributed by atoms with Gasteiger partial charge in [0.1, 0.15) is 48.3 Å². The molecule has 4 aliphatic carbocycles. The number of likely N-dealkylation sites (tertiary alicyclic amines) is 4. The number of hydrogen-bond donors (Lipinski definition) is 8. The van der Waals surface area contributed by atoms with E-state index in [9.17, 15) is 78.0 Å². The van der Waals surface area contributed by atoms with Crippen molar-refractivity contribution in [3.8, 4) is 0 Å². The van der Waals surface area contributed by atoms with Crippen molar-refractivity contribution in [2.24, 2.45) is 23.7 Å². The molecule has 0 bridgehead atoms. The standard InChI is InChI=1S/4C23H32N2O5/c4*1-3-30-23(29)18(13-12-16-8-5-4-6-9-16)24-15(2)21(26)25-19-11-7-10-17(19)14-20(25)22(27)28/h4*4-6,8-9,15,17-20,24H,3,7,10-14H2,1-2H3,(H,27,28)/t4*15-,17-,18-,19-,20-/m0000/s1. The van der Waals surface area contributed by atoms with Gasteiger partial charge in [0.15, 0.2) is 0 Å². The largest absolute Gasteiger partial charge is 0.480 e. The predicted molar refractivity (Wildman–Crippen MR) is 447 cm³/mol. The van der Waals surface area contributed by atoms with Crippen LogP contribution in [-0.4, -0.2) is 235 Å². The van der Waals surface area contributed by atoms with E-state index in [1.807, 2.05) is 121 Å². The number of aliphatic carboxylic acids is 4. The number of rotatable bonds is 36. The molecule has 4 aliphatic heterocycles. The molecule has 4 heterocycles. The van der Waals surface area contributed by atoms with Gasteiger partial charge in [-0.3, -0.25) is 59.6 Å². The fourth-order valence-electron chi connectivity index (χ4n) is 19.6. The first-order valence-electron chi connectivity index (χ1n) is 43.7. The van der Waals surface area contributed by atoms with E-state index < -0.39 is 96.4 Å². The Balaban J connectivity index is 0.000000182. The number of carboxylic acid groups (broad SMARTS) is 4. The van der Waals surface area contributed by atoms with Crippen LogP contribution in [-0.2, 0) is 102 Å². The minimum absolute atomic E-state index is 0.00629. The monoisotopic (exact) mass is 1660 g/mol. The molecular formula is C92H128N8O20. The summed E-state index contributed by atoms with van der Waals surface area (Å²) in [5.41, 5.74) is 4.41. The van der Waals surface area contributed by atoms with Crippen molar-refractivity contribution in [1.29, 1.82) is 0 Å². The quantitative estimate of drug-likeness (QED) is 0.0155. The van der Waals surface area contributed by atoms with Gasteiger partial charge in [-0.05, 0) is 230 Å². The number of carboxylic acids is 4. The van der Waals surface area contributed by atoms with Crippen molar-refractivity contribution in [1.82, 2.24) is 40.9 Å². The Morgan fingerprint density at radius 2 is 0.492 bits per heavy atom. The van der Waals surface area contributed by atoms with Crippen LogP contribution in [0.1, 0.15) is 206 Å². The zero-order valence-corrected chi connectivity index (χ0v) is 71.0. The maximum Gasteiger partial charge on any atom is 0.326 e. The number of hydrogen-bond acceptors (Lipinski definition) is 20. The fraction of sp³-hybridized carbons (Fsp3) is 0.609. The lowest BCUT2D eigenvalue weighted by Crippen LogP contribution is -2.55. The van der Waals surface area contributed by atoms with E-state index in [1.54, 1.807) is 75.0 Å². The molecule has 8 aliphatic rings. The number of carbonyl (C=O) groups is 12. The summed E-state index contributed by atoms with van der Waals surface area (Å²) in [6.07, 6.45) is 18.1. The topological polar surface area (TPSA) is 384 Å². The van der Waals surface area contributed by atoms with E-state index in [0.717, 1.165) is 99.3 Å². The van der Waals surface area contributed by atoms with Crippen LogP contribution in [0.4, 0.5) is 0 Å². The Bertz CT molecular complexity index is 3520. The number of amides is 4. The predicted octanol–water partition coefficient (Wildman–Crippen LogP) is 9.53. The second-order valence-electron chi connectivity index (χ2n) is 33.2. The van der Waals surface area contributed by atoms with Crippen molar-refractivity contribution in [2.75, 3.05) is 26.4 Å². The lowest BCUT2D eigenvalue weighted by molar-refractivity contribution is -0.151. The minimum atomic E-state index is -0.948. The molecular weight excluding hydrogens is 1540 g/mol. The Kier molecular flexibility index (Phi) is 36.4. The number of nitrogens with zero attached hydrogens (tertiary/aromatic N) is 4. The van der Waals surface area contributed by atoms with Gasteiger partial charge in [-0.15, -0.1) is 0 Å². The highest BCUT2D eigenvalue weighted by Crippen LogP contribution is 2.45. The van der Waals surface area contributed by atoms with E-state index in [2.05, 4.69) is 21.3 Å². The molecule has 12 rings (SSSR count). The van der Waals surface area contributed by atoms with Crippen molar-refractivity contribution in [3.63, 3.8) is 0 Å². The average molecular weight is 1670 g/mol. The normalized spacial score (nSPS) is 24.9. The molecule has 8 fully saturated rings. The Morgan fingerprint density at radius 3 is 0.658 bits per heavy atom. The molecule has 4 saturated heterocycles. The zero-order valence-electron chi connectivity index (χ0n) is 71.0. The van der Waals surface area contributed by atoms with Crippen LogP contribution < -0.4 is 21.3 Å². The van der Waals surface area contributed by atoms with E-state index in [0.29, 0.717) is 77.0 Å². The number of carbonyl (C=O) groups excluding carboxylic acids is 8. The van der Waals surface area contributed by atoms with E-state index >= 15 is 0 Å². The van der Waals surface area contributed by atoms with Gasteiger partial charge in [-0.2, -0.15) is 0 Å². The summed E-state index contributed by atoms with van der Waals surface area (Å²) in [5.74, 6) is -5.26. The number of fused-ring (bicyclic) bond motifs is 4. The molecule has 4 amide bonds. The van der Waals surface area contributed by atoms with Crippen LogP contribution in [0.5, 0.6) is 0 Å². The van der Waals surface area contributed by atoms with Gasteiger partial charge in [0.25, 0.3) is 0 Å². The van der Waals surface area contributed by atoms with Gasteiger partial charge < -0.3 is 59.0 Å². The van der Waals surface area contributed by atoms with Crippen LogP contribution in [0.25, 0.3) is 0 Å². The Morgan fingerprint density at radius 1 is 0.308 bits per heavy atom. The number of ether oxygens (including phenoxy) is 4. The fourth-order valence-corrected chi connectivity index (χ4v) is 19.6. The second kappa shape index (κ2) is 46.4. The lowest BCUT2D eigenvalue weighted by Gasteiger charge is -2.31. The van der Waals surface area contributed by atoms with E-state index in [1.165, 1.54) is 0 Å². The van der Waals surface area contributed by atoms with Crippen molar-refractivity contribution in [2.45, 2.75) is 306 Å². The van der Waals surface area contributed by atoms with Crippen LogP contribution >= 0.6 is 0 Å². The third-order valence-corrected chi connectivity index (χ3v) is 25.3. The molecule has 656 valence electrons. The lowest BCUT2D eigenvalue weighted by atomic mass is 10.0. The zero-order chi connectivity index (χ0) is 86.7. The van der Waals surface area contributed by atoms with Gasteiger partial charge in [-0.25, -0.2) is 19.2 Å². The first-order chi connectivity index (χ1) is 57.7. The first kappa shape index (κ1) is 94.2. The smallest absolute Gasteiger partial charge is 0.326 e. The van der Waals surface area contributed by atoms with Gasteiger partial charge in [0.2, 0.25) is 23.6 Å². The first-order valence-corrected chi connectivity index (χ1v) is 43.7. The van der Waals surface area contributed by atoms with Crippen LogP contribution in [0.2, 0.25) is 0 Å². The number of nitrogens with one attached hydrogen (secondary N) is 4. The van der Waals surface area contributed by atoms with Crippen molar-refractivity contribution < 1.29 is 96.9 Å². The van der Waals surface area contributed by atoms with E-state index in [4.69, 9.17) is 18.9 Å². The molecule has 0 radical (unpaired) electrons. The highest BCUT2D eigenvalue weighted by atomic mass is 16.5. The molecule has 8 N–H and O–H groups in total. The third kappa shape index (κ3) is 25.3. The molecule has 4 aromatic carbocycles. The SMILES string of the molecule is CCOC(=O)[C@H](CCc1ccccc1)N[C@@H](C)C(=O)N1[C@H](C(=O)O)C[C@@H]2CCC[C@@H]21.CCOC(=O)[C@H](CCc1ccccc1)N[C@@H](C)C(=O)N1[C@H](C(=O)O)C[C@@H]2CCC[C@@H]21.CCOC(=O)[C@H](CCc1ccccc1)N[C@@H](C)C(=O)N1[C@H](C(=O)O)C[C@@H]2CCC[C@@H]21.CCOC(=O)[C@H](CCc1ccccc1)N[C@@H](C)C(=O)N1[C@H](C(=O)O)C[C@@H]2CCC[C@@H]21. The van der Waals surface area contributed by atoms with Gasteiger partial charge in [0.05, 0.1) is 50.6 Å². The summed E-state index contributed by atoms with van der Waals surface area (Å²) in [4.78, 5) is 156. The Hall–Kier alpha value is -9.64. The van der Waals surface area contributed by atoms with Gasteiger partial charge in [0, 0.05) is 24.2 Å². The summed E-state index contributed by atoms with van der Waals surface area (Å²) in [6.45, 7) is 14.9. The summed E-state index contributed by atoms with van der Waals surface area (Å²) >= 11 is 0. The third-order valence-electron chi connectivity index (χ3n) is 25.3. The minimum Gasteiger partial charge on any atom is -0.480 e. The Labute approximate surface area is 705 Å². The van der Waals surface area contributed by atoms with Crippen LogP contribution in [0.3, 0.4) is 0 Å². The van der Waals surface area contributed by atoms with Crippen molar-refractivity contribution in [3.05, 3.63) is 144 Å². The molecule has 4 saturated carbocycles. The van der Waals surface area contributed by atoms with Crippen molar-refractivity contribution >= 4 is 71.4 Å². The number of aryl methyl sites for hydroxylation is 4. The number of benzene rings is 4. The second-order valence-corrected chi connectivity index (χ2v) is 33.2. The summed E-state index contributed by atoms with van der Waals surface area (Å²) in [6, 6.07) is 31.0. The van der Waals surface area contributed by atoms with Crippen LogP contribution in [0.15, 0.2) is 121 Å². The van der Waals surface area contributed by atoms with E-state index in [-0.39, 0.29) is 122 Å². The van der Waals surface area contributed by atoms with Crippen LogP contribution in [0, 0.1) is 23.7 Å². The molecule has 4 aromatic rings. The highest BCUT2D eigenvalue weighted by molar-refractivity contribution is 5.92. The molecule has 0 aromatic heterocycles. The molecule has 28 heteroatoms. The molecule has 28 nitrogen and oxygen atoms in total. The molecule has 120 heavy (non-hydrogen) atoms. The summed E-state index contributed by atoms with van der Waals surface area (Å²) in [5, 5.41) is 51.0. The maximum atomic E-state index is 13.2. The summed E-state index contributed by atoms with van der Waals surface area (Å²) in [7, 11) is 0. The maximum absolute atomic E-state index is 13.2.